The molecule has 0 aliphatic rings. The van der Waals surface area contributed by atoms with E-state index in [9.17, 15) is 14.4 Å². The molecule has 0 saturated heterocycles. The van der Waals surface area contributed by atoms with E-state index < -0.39 is 22.2 Å². The lowest BCUT2D eigenvalue weighted by atomic mass is 9.89. The Morgan fingerprint density at radius 1 is 0.680 bits per heavy atom. The van der Waals surface area contributed by atoms with Gasteiger partial charge in [-0.15, -0.1) is 0 Å². The molecule has 0 spiro atoms. The maximum atomic E-state index is 12.2. The molecule has 25 heavy (non-hydrogen) atoms. The molecule has 0 saturated carbocycles. The first-order valence-electron chi connectivity index (χ1n) is 8.77. The summed E-state index contributed by atoms with van der Waals surface area (Å²) in [6.45, 7) is 14.1. The van der Waals surface area contributed by atoms with Crippen LogP contribution < -0.4 is 0 Å². The van der Waals surface area contributed by atoms with Gasteiger partial charge in [0.2, 0.25) is 0 Å². The highest BCUT2D eigenvalue weighted by atomic mass is 16.6. The molecule has 0 radical (unpaired) electrons. The average Bonchev–Trinajstić information content (AvgIpc) is 2.55. The summed E-state index contributed by atoms with van der Waals surface area (Å²) in [5, 5.41) is 0. The molecular formula is C19H34O6. The second-order valence-electron chi connectivity index (χ2n) is 8.22. The van der Waals surface area contributed by atoms with E-state index in [-0.39, 0.29) is 31.8 Å². The van der Waals surface area contributed by atoms with Crippen molar-refractivity contribution in [2.75, 3.05) is 19.8 Å². The molecule has 0 aromatic carbocycles. The van der Waals surface area contributed by atoms with Crippen LogP contribution in [0, 0.1) is 16.2 Å². The van der Waals surface area contributed by atoms with E-state index in [4.69, 9.17) is 14.2 Å². The number of rotatable bonds is 10. The zero-order valence-corrected chi connectivity index (χ0v) is 17.0. The Bertz CT molecular complexity index is 446. The van der Waals surface area contributed by atoms with Crippen LogP contribution in [0.5, 0.6) is 0 Å². The van der Waals surface area contributed by atoms with Crippen molar-refractivity contribution < 1.29 is 28.6 Å². The third-order valence-electron chi connectivity index (χ3n) is 4.60. The predicted molar refractivity (Wildman–Crippen MR) is 94.8 cm³/mol. The molecule has 146 valence electrons. The Labute approximate surface area is 151 Å². The number of carbonyl (C=O) groups excluding carboxylic acids is 3. The van der Waals surface area contributed by atoms with Gasteiger partial charge in [-0.2, -0.15) is 0 Å². The van der Waals surface area contributed by atoms with Gasteiger partial charge in [-0.05, 0) is 47.5 Å². The summed E-state index contributed by atoms with van der Waals surface area (Å²) >= 11 is 0. The first-order valence-corrected chi connectivity index (χ1v) is 8.77. The molecule has 0 bridgehead atoms. The quantitative estimate of drug-likeness (QED) is 0.439. The van der Waals surface area contributed by atoms with Gasteiger partial charge in [0.1, 0.15) is 19.8 Å². The van der Waals surface area contributed by atoms with Crippen LogP contribution in [0.2, 0.25) is 0 Å². The molecule has 0 rings (SSSR count). The lowest BCUT2D eigenvalue weighted by molar-refractivity contribution is -0.168. The van der Waals surface area contributed by atoms with Crippen molar-refractivity contribution in [3.8, 4) is 0 Å². The molecule has 0 aliphatic carbocycles. The van der Waals surface area contributed by atoms with Crippen LogP contribution in [0.3, 0.4) is 0 Å². The molecule has 0 aliphatic heterocycles. The minimum Gasteiger partial charge on any atom is -0.465 e. The highest BCUT2D eigenvalue weighted by Gasteiger charge is 2.35. The molecule has 0 atom stereocenters. The van der Waals surface area contributed by atoms with E-state index in [0.29, 0.717) is 12.8 Å². The van der Waals surface area contributed by atoms with E-state index in [1.165, 1.54) is 6.92 Å². The lowest BCUT2D eigenvalue weighted by Gasteiger charge is -2.31. The SMILES string of the molecule is CCC(C)(C)C(=O)OCC(C)(COC(C)=O)COC(=O)C(C)(C)CC. The Morgan fingerprint density at radius 2 is 1.00 bits per heavy atom. The maximum absolute atomic E-state index is 12.2. The van der Waals surface area contributed by atoms with Crippen molar-refractivity contribution in [2.24, 2.45) is 16.2 Å². The van der Waals surface area contributed by atoms with Crippen LogP contribution in [0.4, 0.5) is 0 Å². The summed E-state index contributed by atoms with van der Waals surface area (Å²) < 4.78 is 15.9. The summed E-state index contributed by atoms with van der Waals surface area (Å²) in [5.74, 6) is -1.10. The summed E-state index contributed by atoms with van der Waals surface area (Å²) in [6, 6.07) is 0. The second-order valence-corrected chi connectivity index (χ2v) is 8.22. The van der Waals surface area contributed by atoms with Gasteiger partial charge in [0.25, 0.3) is 0 Å². The van der Waals surface area contributed by atoms with Crippen LogP contribution in [-0.2, 0) is 28.6 Å². The van der Waals surface area contributed by atoms with E-state index in [1.54, 1.807) is 6.92 Å². The van der Waals surface area contributed by atoms with Gasteiger partial charge in [0.05, 0.1) is 16.2 Å². The monoisotopic (exact) mass is 358 g/mol. The van der Waals surface area contributed by atoms with E-state index >= 15 is 0 Å². The summed E-state index contributed by atoms with van der Waals surface area (Å²) in [4.78, 5) is 35.5. The number of hydrogen-bond acceptors (Lipinski definition) is 6. The van der Waals surface area contributed by atoms with Crippen molar-refractivity contribution in [1.82, 2.24) is 0 Å². The molecule has 0 N–H and O–H groups in total. The highest BCUT2D eigenvalue weighted by Crippen LogP contribution is 2.27. The van der Waals surface area contributed by atoms with Crippen molar-refractivity contribution in [2.45, 2.75) is 68.2 Å². The Morgan fingerprint density at radius 3 is 1.28 bits per heavy atom. The fourth-order valence-corrected chi connectivity index (χ4v) is 1.56. The van der Waals surface area contributed by atoms with E-state index in [1.807, 2.05) is 41.5 Å². The second kappa shape index (κ2) is 9.20. The number of hydrogen-bond donors (Lipinski definition) is 0. The molecule has 0 aromatic heterocycles. The summed E-state index contributed by atoms with van der Waals surface area (Å²) in [5.41, 5.74) is -1.99. The van der Waals surface area contributed by atoms with Gasteiger partial charge in [-0.3, -0.25) is 14.4 Å². The topological polar surface area (TPSA) is 78.9 Å². The normalized spacial score (nSPS) is 12.5. The molecule has 0 fully saturated rings. The Hall–Kier alpha value is -1.59. The summed E-state index contributed by atoms with van der Waals surface area (Å²) in [6.07, 6.45) is 1.29. The molecule has 0 amide bonds. The van der Waals surface area contributed by atoms with Crippen LogP contribution in [0.1, 0.15) is 68.2 Å². The zero-order valence-electron chi connectivity index (χ0n) is 17.0. The van der Waals surface area contributed by atoms with Crippen LogP contribution >= 0.6 is 0 Å². The Balaban J connectivity index is 4.97. The third kappa shape index (κ3) is 7.88. The van der Waals surface area contributed by atoms with Gasteiger partial charge in [0.15, 0.2) is 0 Å². The zero-order chi connectivity index (χ0) is 19.9. The fraction of sp³-hybridized carbons (Fsp3) is 0.842. The maximum Gasteiger partial charge on any atom is 0.311 e. The fourth-order valence-electron chi connectivity index (χ4n) is 1.56. The third-order valence-corrected chi connectivity index (χ3v) is 4.60. The number of ether oxygens (including phenoxy) is 3. The van der Waals surface area contributed by atoms with Crippen LogP contribution in [0.25, 0.3) is 0 Å². The highest BCUT2D eigenvalue weighted by molar-refractivity contribution is 5.76. The van der Waals surface area contributed by atoms with Crippen molar-refractivity contribution in [3.63, 3.8) is 0 Å². The van der Waals surface area contributed by atoms with Crippen molar-refractivity contribution >= 4 is 17.9 Å². The smallest absolute Gasteiger partial charge is 0.311 e. The van der Waals surface area contributed by atoms with Crippen LogP contribution in [-0.4, -0.2) is 37.7 Å². The number of esters is 3. The predicted octanol–water partition coefficient (Wildman–Crippen LogP) is 3.51. The first-order chi connectivity index (χ1) is 11.3. The van der Waals surface area contributed by atoms with Crippen molar-refractivity contribution in [1.29, 1.82) is 0 Å². The van der Waals surface area contributed by atoms with E-state index in [0.717, 1.165) is 0 Å². The number of carbonyl (C=O) groups is 3. The van der Waals surface area contributed by atoms with Gasteiger partial charge in [0, 0.05) is 6.92 Å². The Kier molecular flexibility index (Phi) is 8.62. The van der Waals surface area contributed by atoms with Crippen LogP contribution in [0.15, 0.2) is 0 Å². The van der Waals surface area contributed by atoms with Gasteiger partial charge < -0.3 is 14.2 Å². The van der Waals surface area contributed by atoms with E-state index in [2.05, 4.69) is 0 Å². The minimum absolute atomic E-state index is 0.00198. The standard InChI is InChI=1S/C19H34O6/c1-9-17(4,5)15(21)24-12-19(8,11-23-14(3)20)13-25-16(22)18(6,7)10-2/h9-13H2,1-8H3. The molecular weight excluding hydrogens is 324 g/mol. The largest absolute Gasteiger partial charge is 0.465 e. The minimum atomic E-state index is -0.801. The average molecular weight is 358 g/mol. The summed E-state index contributed by atoms with van der Waals surface area (Å²) in [7, 11) is 0. The first kappa shape index (κ1) is 23.4. The molecule has 6 heteroatoms. The molecule has 6 nitrogen and oxygen atoms in total. The lowest BCUT2D eigenvalue weighted by Crippen LogP contribution is -2.40. The van der Waals surface area contributed by atoms with Gasteiger partial charge in [-0.1, -0.05) is 13.8 Å². The molecule has 0 aromatic rings. The van der Waals surface area contributed by atoms with Gasteiger partial charge in [-0.25, -0.2) is 0 Å². The van der Waals surface area contributed by atoms with Gasteiger partial charge >= 0.3 is 17.9 Å². The van der Waals surface area contributed by atoms with Crippen molar-refractivity contribution in [3.05, 3.63) is 0 Å². The molecule has 0 heterocycles. The molecule has 0 unspecified atom stereocenters.